The first-order valence-corrected chi connectivity index (χ1v) is 9.25. The molecule has 9 heteroatoms. The first-order chi connectivity index (χ1) is 13.4. The van der Waals surface area contributed by atoms with Crippen molar-refractivity contribution >= 4 is 17.9 Å². The van der Waals surface area contributed by atoms with Crippen molar-refractivity contribution in [3.63, 3.8) is 0 Å². The van der Waals surface area contributed by atoms with Gasteiger partial charge in [-0.05, 0) is 38.8 Å². The SMILES string of the molecule is Cc1nn(-c2ccccc2)nc1C(=O)O[C@H](C)C(=O)NC(=O)NC1CCCC1. The molecule has 0 aliphatic heterocycles. The highest BCUT2D eigenvalue weighted by molar-refractivity contribution is 5.98. The van der Waals surface area contributed by atoms with Crippen molar-refractivity contribution in [2.24, 2.45) is 0 Å². The van der Waals surface area contributed by atoms with Gasteiger partial charge in [0.15, 0.2) is 11.8 Å². The molecule has 28 heavy (non-hydrogen) atoms. The van der Waals surface area contributed by atoms with Crippen LogP contribution in [0.5, 0.6) is 0 Å². The predicted octanol–water partition coefficient (Wildman–Crippen LogP) is 1.89. The number of aryl methyl sites for hydroxylation is 1. The fourth-order valence-corrected chi connectivity index (χ4v) is 3.02. The molecule has 0 radical (unpaired) electrons. The molecule has 0 saturated heterocycles. The lowest BCUT2D eigenvalue weighted by Crippen LogP contribution is -2.47. The summed E-state index contributed by atoms with van der Waals surface area (Å²) in [6, 6.07) is 8.62. The van der Waals surface area contributed by atoms with Gasteiger partial charge in [0.2, 0.25) is 0 Å². The summed E-state index contributed by atoms with van der Waals surface area (Å²) in [7, 11) is 0. The number of nitrogens with zero attached hydrogens (tertiary/aromatic N) is 3. The van der Waals surface area contributed by atoms with Crippen molar-refractivity contribution in [1.82, 2.24) is 25.6 Å². The van der Waals surface area contributed by atoms with E-state index in [1.165, 1.54) is 11.7 Å². The molecule has 1 aliphatic carbocycles. The standard InChI is InChI=1S/C19H23N5O4/c1-12-16(23-24(22-12)15-10-4-3-5-11-15)18(26)28-13(2)17(25)21-19(27)20-14-8-6-7-9-14/h3-5,10-11,13-14H,6-9H2,1-2H3,(H2,20,21,25,27)/t13-/m1/s1. The number of carbonyl (C=O) groups excluding carboxylic acids is 3. The van der Waals surface area contributed by atoms with Crippen LogP contribution in [-0.4, -0.2) is 45.0 Å². The Kier molecular flexibility index (Phi) is 6.03. The van der Waals surface area contributed by atoms with Gasteiger partial charge < -0.3 is 10.1 Å². The largest absolute Gasteiger partial charge is 0.448 e. The van der Waals surface area contributed by atoms with Gasteiger partial charge in [0.05, 0.1) is 11.4 Å². The van der Waals surface area contributed by atoms with Crippen molar-refractivity contribution in [2.75, 3.05) is 0 Å². The Hall–Kier alpha value is -3.23. The number of urea groups is 1. The van der Waals surface area contributed by atoms with E-state index in [-0.39, 0.29) is 11.7 Å². The summed E-state index contributed by atoms with van der Waals surface area (Å²) in [6.07, 6.45) is 2.79. The van der Waals surface area contributed by atoms with E-state index in [1.807, 2.05) is 18.2 Å². The zero-order valence-electron chi connectivity index (χ0n) is 15.8. The van der Waals surface area contributed by atoms with Crippen molar-refractivity contribution in [1.29, 1.82) is 0 Å². The number of para-hydroxylation sites is 1. The number of aromatic nitrogens is 3. The number of hydrogen-bond acceptors (Lipinski definition) is 6. The van der Waals surface area contributed by atoms with Crippen LogP contribution in [0, 0.1) is 6.92 Å². The Morgan fingerprint density at radius 2 is 1.82 bits per heavy atom. The van der Waals surface area contributed by atoms with E-state index >= 15 is 0 Å². The lowest BCUT2D eigenvalue weighted by Gasteiger charge is -2.15. The Morgan fingerprint density at radius 1 is 1.14 bits per heavy atom. The van der Waals surface area contributed by atoms with Crippen LogP contribution < -0.4 is 10.6 Å². The average molecular weight is 385 g/mol. The number of ether oxygens (including phenoxy) is 1. The Labute approximate surface area is 162 Å². The first kappa shape index (κ1) is 19.5. The third-order valence-corrected chi connectivity index (χ3v) is 4.54. The molecule has 2 aromatic rings. The number of hydrogen-bond donors (Lipinski definition) is 2. The number of benzene rings is 1. The molecule has 9 nitrogen and oxygen atoms in total. The molecule has 1 atom stereocenters. The van der Waals surface area contributed by atoms with E-state index in [9.17, 15) is 14.4 Å². The molecular weight excluding hydrogens is 362 g/mol. The maximum Gasteiger partial charge on any atom is 0.361 e. The third kappa shape index (κ3) is 4.73. The van der Waals surface area contributed by atoms with Gasteiger partial charge in [-0.15, -0.1) is 5.10 Å². The second-order valence-corrected chi connectivity index (χ2v) is 6.75. The molecule has 1 heterocycles. The van der Waals surface area contributed by atoms with Gasteiger partial charge in [-0.25, -0.2) is 9.59 Å². The third-order valence-electron chi connectivity index (χ3n) is 4.54. The zero-order chi connectivity index (χ0) is 20.1. The number of amides is 3. The number of esters is 1. The van der Waals surface area contributed by atoms with E-state index in [0.29, 0.717) is 11.4 Å². The van der Waals surface area contributed by atoms with Gasteiger partial charge in [0, 0.05) is 6.04 Å². The van der Waals surface area contributed by atoms with Crippen LogP contribution in [0.4, 0.5) is 4.79 Å². The summed E-state index contributed by atoms with van der Waals surface area (Å²) in [5.74, 6) is -1.48. The maximum absolute atomic E-state index is 12.4. The highest BCUT2D eigenvalue weighted by atomic mass is 16.5. The van der Waals surface area contributed by atoms with Crippen molar-refractivity contribution in [3.8, 4) is 5.69 Å². The highest BCUT2D eigenvalue weighted by Gasteiger charge is 2.25. The summed E-state index contributed by atoms with van der Waals surface area (Å²) >= 11 is 0. The smallest absolute Gasteiger partial charge is 0.361 e. The van der Waals surface area contributed by atoms with Crippen LogP contribution in [-0.2, 0) is 9.53 Å². The number of rotatable bonds is 5. The molecule has 1 aliphatic rings. The minimum atomic E-state index is -1.15. The van der Waals surface area contributed by atoms with Crippen molar-refractivity contribution in [3.05, 3.63) is 41.7 Å². The van der Waals surface area contributed by atoms with Gasteiger partial charge in [0.25, 0.3) is 5.91 Å². The van der Waals surface area contributed by atoms with Crippen LogP contribution in [0.2, 0.25) is 0 Å². The van der Waals surface area contributed by atoms with Crippen LogP contribution in [0.15, 0.2) is 30.3 Å². The number of imide groups is 1. The molecule has 148 valence electrons. The van der Waals surface area contributed by atoms with Gasteiger partial charge >= 0.3 is 12.0 Å². The molecule has 1 fully saturated rings. The van der Waals surface area contributed by atoms with Gasteiger partial charge in [-0.1, -0.05) is 31.0 Å². The lowest BCUT2D eigenvalue weighted by atomic mass is 10.2. The van der Waals surface area contributed by atoms with Crippen LogP contribution in [0.25, 0.3) is 5.69 Å². The Balaban J connectivity index is 1.57. The van der Waals surface area contributed by atoms with Crippen LogP contribution >= 0.6 is 0 Å². The Morgan fingerprint density at radius 3 is 2.50 bits per heavy atom. The second-order valence-electron chi connectivity index (χ2n) is 6.75. The molecular formula is C19H23N5O4. The van der Waals surface area contributed by atoms with Crippen molar-refractivity contribution in [2.45, 2.75) is 51.7 Å². The van der Waals surface area contributed by atoms with Crippen LogP contribution in [0.3, 0.4) is 0 Å². The fourth-order valence-electron chi connectivity index (χ4n) is 3.02. The van der Waals surface area contributed by atoms with E-state index in [2.05, 4.69) is 20.8 Å². The molecule has 3 rings (SSSR count). The molecule has 1 aromatic carbocycles. The number of nitrogens with one attached hydrogen (secondary N) is 2. The molecule has 0 unspecified atom stereocenters. The summed E-state index contributed by atoms with van der Waals surface area (Å²) in [5.41, 5.74) is 1.08. The molecule has 3 amide bonds. The fraction of sp³-hybridized carbons (Fsp3) is 0.421. The second kappa shape index (κ2) is 8.64. The van der Waals surface area contributed by atoms with Gasteiger partial charge in [0.1, 0.15) is 0 Å². The van der Waals surface area contributed by atoms with E-state index < -0.39 is 24.0 Å². The molecule has 0 spiro atoms. The van der Waals surface area contributed by atoms with Gasteiger partial charge in [-0.3, -0.25) is 10.1 Å². The summed E-state index contributed by atoms with van der Waals surface area (Å²) in [6.45, 7) is 3.02. The minimum absolute atomic E-state index is 0.0129. The molecule has 1 aromatic heterocycles. The van der Waals surface area contributed by atoms with E-state index in [0.717, 1.165) is 25.7 Å². The first-order valence-electron chi connectivity index (χ1n) is 9.25. The van der Waals surface area contributed by atoms with Gasteiger partial charge in [-0.2, -0.15) is 9.90 Å². The average Bonchev–Trinajstić information content (AvgIpc) is 3.31. The monoisotopic (exact) mass is 385 g/mol. The summed E-state index contributed by atoms with van der Waals surface area (Å²) in [5, 5.41) is 13.3. The summed E-state index contributed by atoms with van der Waals surface area (Å²) in [4.78, 5) is 37.7. The molecule has 2 N–H and O–H groups in total. The van der Waals surface area contributed by atoms with E-state index in [1.54, 1.807) is 19.1 Å². The van der Waals surface area contributed by atoms with Crippen LogP contribution in [0.1, 0.15) is 48.8 Å². The summed E-state index contributed by atoms with van der Waals surface area (Å²) < 4.78 is 5.15. The molecule has 0 bridgehead atoms. The molecule has 1 saturated carbocycles. The minimum Gasteiger partial charge on any atom is -0.448 e. The van der Waals surface area contributed by atoms with E-state index in [4.69, 9.17) is 4.74 Å². The highest BCUT2D eigenvalue weighted by Crippen LogP contribution is 2.17. The predicted molar refractivity (Wildman–Crippen MR) is 99.9 cm³/mol. The normalized spacial score (nSPS) is 15.1. The quantitative estimate of drug-likeness (QED) is 0.760. The topological polar surface area (TPSA) is 115 Å². The van der Waals surface area contributed by atoms with Crippen molar-refractivity contribution < 1.29 is 19.1 Å². The Bertz CT molecular complexity index is 858. The zero-order valence-corrected chi connectivity index (χ0v) is 15.8. The lowest BCUT2D eigenvalue weighted by molar-refractivity contribution is -0.127. The maximum atomic E-state index is 12.4. The number of carbonyl (C=O) groups is 3.